The zero-order chi connectivity index (χ0) is 13.8. The molecule has 18 heavy (non-hydrogen) atoms. The van der Waals surface area contributed by atoms with Crippen molar-refractivity contribution in [2.45, 2.75) is 46.6 Å². The van der Waals surface area contributed by atoms with Gasteiger partial charge in [0.15, 0.2) is 0 Å². The molecule has 1 atom stereocenters. The second-order valence-electron chi connectivity index (χ2n) is 5.96. The molecule has 0 aliphatic heterocycles. The van der Waals surface area contributed by atoms with E-state index in [2.05, 4.69) is 31.1 Å². The summed E-state index contributed by atoms with van der Waals surface area (Å²) in [5, 5.41) is 2.84. The number of aromatic nitrogens is 1. The zero-order valence-electron chi connectivity index (χ0n) is 11.7. The molecule has 0 saturated carbocycles. The van der Waals surface area contributed by atoms with E-state index in [0.717, 1.165) is 17.8 Å². The highest BCUT2D eigenvalue weighted by Gasteiger charge is 2.18. The average molecular weight is 249 g/mol. The maximum atomic E-state index is 11.8. The van der Waals surface area contributed by atoms with Crippen LogP contribution < -0.4 is 11.1 Å². The van der Waals surface area contributed by atoms with Crippen LogP contribution in [0.5, 0.6) is 0 Å². The molecule has 0 spiro atoms. The van der Waals surface area contributed by atoms with Crippen molar-refractivity contribution in [1.82, 2.24) is 4.98 Å². The fourth-order valence-electron chi connectivity index (χ4n) is 1.93. The molecule has 1 rings (SSSR count). The molecule has 0 aromatic carbocycles. The summed E-state index contributed by atoms with van der Waals surface area (Å²) in [6.45, 7) is 8.26. The molecular weight excluding hydrogens is 226 g/mol. The van der Waals surface area contributed by atoms with Crippen LogP contribution in [0.25, 0.3) is 0 Å². The average Bonchev–Trinajstić information content (AvgIpc) is 2.13. The third kappa shape index (κ3) is 5.77. The summed E-state index contributed by atoms with van der Waals surface area (Å²) >= 11 is 0. The molecule has 1 heterocycles. The van der Waals surface area contributed by atoms with Gasteiger partial charge in [0.05, 0.1) is 0 Å². The van der Waals surface area contributed by atoms with Crippen LogP contribution in [0.3, 0.4) is 0 Å². The predicted octanol–water partition coefficient (Wildman–Crippen LogP) is 2.48. The number of aryl methyl sites for hydroxylation is 1. The Morgan fingerprint density at radius 3 is 2.72 bits per heavy atom. The number of nitrogens with two attached hydrogens (primary N) is 1. The van der Waals surface area contributed by atoms with Crippen LogP contribution in [-0.4, -0.2) is 16.9 Å². The van der Waals surface area contributed by atoms with Crippen molar-refractivity contribution in [3.8, 4) is 0 Å². The van der Waals surface area contributed by atoms with Crippen LogP contribution in [0.2, 0.25) is 0 Å². The van der Waals surface area contributed by atoms with Gasteiger partial charge in [-0.2, -0.15) is 0 Å². The topological polar surface area (TPSA) is 68.0 Å². The standard InChI is InChI=1S/C14H23N3O/c1-10-7-12(5-6-16-10)17-13(18)8-11(15)9-14(2,3)4/h5-7,11H,8-9,15H2,1-4H3,(H,16,17,18). The molecule has 1 amide bonds. The summed E-state index contributed by atoms with van der Waals surface area (Å²) in [5.74, 6) is -0.0441. The molecule has 0 bridgehead atoms. The van der Waals surface area contributed by atoms with Gasteiger partial charge in [-0.15, -0.1) is 0 Å². The minimum absolute atomic E-state index is 0.0441. The van der Waals surface area contributed by atoms with Crippen molar-refractivity contribution < 1.29 is 4.79 Å². The fourth-order valence-corrected chi connectivity index (χ4v) is 1.93. The number of hydrogen-bond acceptors (Lipinski definition) is 3. The molecule has 100 valence electrons. The lowest BCUT2D eigenvalue weighted by atomic mass is 9.87. The van der Waals surface area contributed by atoms with E-state index >= 15 is 0 Å². The second kappa shape index (κ2) is 5.96. The van der Waals surface area contributed by atoms with Crippen LogP contribution in [0, 0.1) is 12.3 Å². The Balaban J connectivity index is 2.47. The Kier molecular flexibility index (Phi) is 4.84. The van der Waals surface area contributed by atoms with Crippen molar-refractivity contribution in [1.29, 1.82) is 0 Å². The van der Waals surface area contributed by atoms with Crippen LogP contribution in [0.1, 0.15) is 39.3 Å². The van der Waals surface area contributed by atoms with E-state index in [1.807, 2.05) is 13.0 Å². The number of rotatable bonds is 4. The summed E-state index contributed by atoms with van der Waals surface area (Å²) in [6, 6.07) is 3.51. The second-order valence-corrected chi connectivity index (χ2v) is 5.96. The Labute approximate surface area is 109 Å². The van der Waals surface area contributed by atoms with Crippen molar-refractivity contribution in [2.75, 3.05) is 5.32 Å². The smallest absolute Gasteiger partial charge is 0.225 e. The van der Waals surface area contributed by atoms with E-state index in [1.54, 1.807) is 12.3 Å². The Bertz CT molecular complexity index is 410. The minimum Gasteiger partial charge on any atom is -0.327 e. The predicted molar refractivity (Wildman–Crippen MR) is 74.3 cm³/mol. The molecule has 0 fully saturated rings. The molecule has 0 radical (unpaired) electrons. The number of amides is 1. The molecule has 1 aromatic rings. The highest BCUT2D eigenvalue weighted by molar-refractivity contribution is 5.91. The maximum absolute atomic E-state index is 11.8. The van der Waals surface area contributed by atoms with E-state index in [4.69, 9.17) is 5.73 Å². The van der Waals surface area contributed by atoms with Crippen molar-refractivity contribution in [3.63, 3.8) is 0 Å². The zero-order valence-corrected chi connectivity index (χ0v) is 11.7. The van der Waals surface area contributed by atoms with Crippen molar-refractivity contribution >= 4 is 11.6 Å². The lowest BCUT2D eigenvalue weighted by molar-refractivity contribution is -0.116. The number of pyridine rings is 1. The molecule has 4 nitrogen and oxygen atoms in total. The number of nitrogens with zero attached hydrogens (tertiary/aromatic N) is 1. The number of hydrogen-bond donors (Lipinski definition) is 2. The van der Waals surface area contributed by atoms with Gasteiger partial charge in [0.2, 0.25) is 5.91 Å². The van der Waals surface area contributed by atoms with Gasteiger partial charge >= 0.3 is 0 Å². The SMILES string of the molecule is Cc1cc(NC(=O)CC(N)CC(C)(C)C)ccn1. The van der Waals surface area contributed by atoms with Crippen LogP contribution >= 0.6 is 0 Å². The quantitative estimate of drug-likeness (QED) is 0.861. The molecule has 1 unspecified atom stereocenters. The summed E-state index contributed by atoms with van der Waals surface area (Å²) in [7, 11) is 0. The van der Waals surface area contributed by atoms with E-state index in [-0.39, 0.29) is 17.4 Å². The van der Waals surface area contributed by atoms with Gasteiger partial charge in [-0.05, 0) is 30.9 Å². The first-order valence-electron chi connectivity index (χ1n) is 6.24. The molecule has 1 aromatic heterocycles. The van der Waals surface area contributed by atoms with Gasteiger partial charge in [0, 0.05) is 30.0 Å². The first kappa shape index (κ1) is 14.6. The molecule has 0 aliphatic rings. The summed E-state index contributed by atoms with van der Waals surface area (Å²) < 4.78 is 0. The third-order valence-electron chi connectivity index (χ3n) is 2.50. The highest BCUT2D eigenvalue weighted by Crippen LogP contribution is 2.21. The molecule has 0 aliphatic carbocycles. The van der Waals surface area contributed by atoms with E-state index in [1.165, 1.54) is 0 Å². The Morgan fingerprint density at radius 1 is 1.50 bits per heavy atom. The van der Waals surface area contributed by atoms with E-state index in [0.29, 0.717) is 6.42 Å². The first-order chi connectivity index (χ1) is 8.26. The van der Waals surface area contributed by atoms with E-state index in [9.17, 15) is 4.79 Å². The number of anilines is 1. The molecular formula is C14H23N3O. The van der Waals surface area contributed by atoms with Crippen LogP contribution in [-0.2, 0) is 4.79 Å². The minimum atomic E-state index is -0.104. The largest absolute Gasteiger partial charge is 0.327 e. The van der Waals surface area contributed by atoms with Crippen LogP contribution in [0.4, 0.5) is 5.69 Å². The van der Waals surface area contributed by atoms with Crippen LogP contribution in [0.15, 0.2) is 18.3 Å². The van der Waals surface area contributed by atoms with Gasteiger partial charge in [-0.25, -0.2) is 0 Å². The summed E-state index contributed by atoms with van der Waals surface area (Å²) in [5.41, 5.74) is 7.77. The molecule has 4 heteroatoms. The monoisotopic (exact) mass is 249 g/mol. The number of carbonyl (C=O) groups is 1. The van der Waals surface area contributed by atoms with Crippen molar-refractivity contribution in [2.24, 2.45) is 11.1 Å². The summed E-state index contributed by atoms with van der Waals surface area (Å²) in [6.07, 6.45) is 2.86. The normalized spacial score (nSPS) is 13.2. The molecule has 3 N–H and O–H groups in total. The lowest BCUT2D eigenvalue weighted by Crippen LogP contribution is -2.31. The number of nitrogens with one attached hydrogen (secondary N) is 1. The van der Waals surface area contributed by atoms with Gasteiger partial charge in [-0.3, -0.25) is 9.78 Å². The Hall–Kier alpha value is -1.42. The highest BCUT2D eigenvalue weighted by atomic mass is 16.1. The van der Waals surface area contributed by atoms with Crippen molar-refractivity contribution in [3.05, 3.63) is 24.0 Å². The third-order valence-corrected chi connectivity index (χ3v) is 2.50. The van der Waals surface area contributed by atoms with Gasteiger partial charge < -0.3 is 11.1 Å². The first-order valence-corrected chi connectivity index (χ1v) is 6.24. The van der Waals surface area contributed by atoms with Gasteiger partial charge in [0.1, 0.15) is 0 Å². The number of carbonyl (C=O) groups excluding carboxylic acids is 1. The molecule has 0 saturated heterocycles. The maximum Gasteiger partial charge on any atom is 0.225 e. The Morgan fingerprint density at radius 2 is 2.17 bits per heavy atom. The van der Waals surface area contributed by atoms with Gasteiger partial charge in [-0.1, -0.05) is 20.8 Å². The van der Waals surface area contributed by atoms with E-state index < -0.39 is 0 Å². The summed E-state index contributed by atoms with van der Waals surface area (Å²) in [4.78, 5) is 15.9. The fraction of sp³-hybridized carbons (Fsp3) is 0.571. The van der Waals surface area contributed by atoms with Gasteiger partial charge in [0.25, 0.3) is 0 Å². The lowest BCUT2D eigenvalue weighted by Gasteiger charge is -2.22.